The van der Waals surface area contributed by atoms with Crippen molar-refractivity contribution in [2.75, 3.05) is 32.1 Å². The average Bonchev–Trinajstić information content (AvgIpc) is 2.47. The van der Waals surface area contributed by atoms with Crippen LogP contribution < -0.4 is 4.74 Å². The summed E-state index contributed by atoms with van der Waals surface area (Å²) in [4.78, 5) is 2.34. The van der Waals surface area contributed by atoms with Crippen molar-refractivity contribution in [3.8, 4) is 5.75 Å². The molecule has 2 rings (SSSR count). The number of likely N-dealkylation sites (tertiary alicyclic amines) is 1. The number of nitrogens with zero attached hydrogens (tertiary/aromatic N) is 1. The molecule has 0 saturated carbocycles. The Labute approximate surface area is 128 Å². The number of alkyl halides is 1. The second-order valence-corrected chi connectivity index (χ2v) is 5.80. The van der Waals surface area contributed by atoms with Crippen molar-refractivity contribution in [3.05, 3.63) is 29.6 Å². The van der Waals surface area contributed by atoms with Crippen LogP contribution in [0.25, 0.3) is 0 Å². The zero-order chi connectivity index (χ0) is 14.4. The molecule has 0 spiro atoms. The average molecular weight is 346 g/mol. The molecule has 112 valence electrons. The monoisotopic (exact) mass is 345 g/mol. The summed E-state index contributed by atoms with van der Waals surface area (Å²) in [6.07, 6.45) is 2.47. The molecule has 1 saturated heterocycles. The van der Waals surface area contributed by atoms with E-state index in [4.69, 9.17) is 9.47 Å². The first-order valence-corrected chi connectivity index (χ1v) is 8.07. The van der Waals surface area contributed by atoms with Crippen LogP contribution in [0.15, 0.2) is 18.2 Å². The molecule has 3 nitrogen and oxygen atoms in total. The fourth-order valence-corrected chi connectivity index (χ4v) is 2.70. The Morgan fingerprint density at radius 1 is 1.35 bits per heavy atom. The molecule has 0 bridgehead atoms. The molecular weight excluding hydrogens is 325 g/mol. The number of methoxy groups -OCH3 is 1. The van der Waals surface area contributed by atoms with Gasteiger partial charge in [-0.05, 0) is 30.5 Å². The van der Waals surface area contributed by atoms with Crippen LogP contribution in [0.4, 0.5) is 4.39 Å². The van der Waals surface area contributed by atoms with Gasteiger partial charge in [0.2, 0.25) is 0 Å². The molecule has 1 aromatic carbocycles. The number of hydrogen-bond acceptors (Lipinski definition) is 3. The van der Waals surface area contributed by atoms with Crippen LogP contribution in [0.5, 0.6) is 5.75 Å². The van der Waals surface area contributed by atoms with E-state index < -0.39 is 0 Å². The summed E-state index contributed by atoms with van der Waals surface area (Å²) < 4.78 is 24.3. The van der Waals surface area contributed by atoms with E-state index in [1.807, 2.05) is 6.07 Å². The first kappa shape index (κ1) is 15.7. The number of rotatable bonds is 6. The highest BCUT2D eigenvalue weighted by molar-refractivity contribution is 9.09. The summed E-state index contributed by atoms with van der Waals surface area (Å²) in [6, 6.07) is 5.18. The molecule has 1 aliphatic rings. The van der Waals surface area contributed by atoms with Gasteiger partial charge in [0.25, 0.3) is 0 Å². The zero-order valence-electron chi connectivity index (χ0n) is 11.8. The van der Waals surface area contributed by atoms with E-state index in [2.05, 4.69) is 20.8 Å². The van der Waals surface area contributed by atoms with Crippen LogP contribution in [0.1, 0.15) is 18.4 Å². The Balaban J connectivity index is 1.82. The minimum Gasteiger partial charge on any atom is -0.494 e. The molecular formula is C15H21BrFNO2. The van der Waals surface area contributed by atoms with Gasteiger partial charge in [0.05, 0.1) is 19.8 Å². The van der Waals surface area contributed by atoms with E-state index in [1.165, 1.54) is 7.11 Å². The molecule has 0 N–H and O–H groups in total. The predicted molar refractivity (Wildman–Crippen MR) is 81.0 cm³/mol. The van der Waals surface area contributed by atoms with Gasteiger partial charge in [-0.2, -0.15) is 0 Å². The molecule has 1 fully saturated rings. The fourth-order valence-electron chi connectivity index (χ4n) is 2.51. The molecule has 1 aliphatic heterocycles. The van der Waals surface area contributed by atoms with Crippen LogP contribution in [0, 0.1) is 5.82 Å². The molecule has 5 heteroatoms. The van der Waals surface area contributed by atoms with Gasteiger partial charge in [0, 0.05) is 25.0 Å². The van der Waals surface area contributed by atoms with Crippen LogP contribution >= 0.6 is 15.9 Å². The molecule has 20 heavy (non-hydrogen) atoms. The number of benzene rings is 1. The third-order valence-electron chi connectivity index (χ3n) is 3.59. The normalized spacial score (nSPS) is 17.4. The lowest BCUT2D eigenvalue weighted by molar-refractivity contribution is 0.0141. The van der Waals surface area contributed by atoms with E-state index in [0.29, 0.717) is 11.9 Å². The van der Waals surface area contributed by atoms with Gasteiger partial charge >= 0.3 is 0 Å². The van der Waals surface area contributed by atoms with Gasteiger partial charge < -0.3 is 9.47 Å². The second kappa shape index (κ2) is 7.96. The molecule has 0 unspecified atom stereocenters. The van der Waals surface area contributed by atoms with Gasteiger partial charge in [0.15, 0.2) is 11.6 Å². The first-order valence-electron chi connectivity index (χ1n) is 6.95. The summed E-state index contributed by atoms with van der Waals surface area (Å²) in [5.41, 5.74) is 0.989. The third-order valence-corrected chi connectivity index (χ3v) is 3.91. The summed E-state index contributed by atoms with van der Waals surface area (Å²) in [7, 11) is 1.48. The molecule has 0 aromatic heterocycles. The van der Waals surface area contributed by atoms with Crippen LogP contribution in [-0.4, -0.2) is 43.1 Å². The minimum absolute atomic E-state index is 0.291. The van der Waals surface area contributed by atoms with E-state index in [9.17, 15) is 4.39 Å². The Kier molecular flexibility index (Phi) is 6.26. The van der Waals surface area contributed by atoms with Crippen molar-refractivity contribution in [3.63, 3.8) is 0 Å². The lowest BCUT2D eigenvalue weighted by atomic mass is 10.1. The van der Waals surface area contributed by atoms with E-state index >= 15 is 0 Å². The summed E-state index contributed by atoms with van der Waals surface area (Å²) in [5.74, 6) is 0.0103. The predicted octanol–water partition coefficient (Wildman–Crippen LogP) is 3.21. The quantitative estimate of drug-likeness (QED) is 0.739. The van der Waals surface area contributed by atoms with Crippen LogP contribution in [0.2, 0.25) is 0 Å². The maximum absolute atomic E-state index is 13.6. The summed E-state index contributed by atoms with van der Waals surface area (Å²) in [5, 5.41) is 0.887. The highest BCUT2D eigenvalue weighted by Gasteiger charge is 2.19. The van der Waals surface area contributed by atoms with Gasteiger partial charge in [-0.25, -0.2) is 4.39 Å². The second-order valence-electron chi connectivity index (χ2n) is 5.00. The van der Waals surface area contributed by atoms with Gasteiger partial charge in [0.1, 0.15) is 0 Å². The van der Waals surface area contributed by atoms with Crippen molar-refractivity contribution in [1.29, 1.82) is 0 Å². The maximum Gasteiger partial charge on any atom is 0.165 e. The van der Waals surface area contributed by atoms with Crippen molar-refractivity contribution in [2.24, 2.45) is 0 Å². The molecule has 1 heterocycles. The smallest absolute Gasteiger partial charge is 0.165 e. The molecule has 0 amide bonds. The van der Waals surface area contributed by atoms with Gasteiger partial charge in [-0.1, -0.05) is 22.0 Å². The Bertz CT molecular complexity index is 422. The van der Waals surface area contributed by atoms with Crippen molar-refractivity contribution in [1.82, 2.24) is 4.90 Å². The fraction of sp³-hybridized carbons (Fsp3) is 0.600. The van der Waals surface area contributed by atoms with Crippen molar-refractivity contribution >= 4 is 15.9 Å². The van der Waals surface area contributed by atoms with E-state index in [0.717, 1.165) is 50.0 Å². The van der Waals surface area contributed by atoms with Crippen LogP contribution in [0.3, 0.4) is 0 Å². The standard InChI is InChI=1S/C15H21BrFNO2/c1-19-15-3-2-12(10-14(15)17)11-18-7-4-13(5-8-18)20-9-6-16/h2-3,10,13H,4-9,11H2,1H3. The summed E-state index contributed by atoms with van der Waals surface area (Å²) in [6.45, 7) is 3.56. The molecule has 0 aliphatic carbocycles. The van der Waals surface area contributed by atoms with E-state index in [-0.39, 0.29) is 5.82 Å². The third kappa shape index (κ3) is 4.43. The lowest BCUT2D eigenvalue weighted by Crippen LogP contribution is -2.36. The van der Waals surface area contributed by atoms with Crippen molar-refractivity contribution in [2.45, 2.75) is 25.5 Å². The molecule has 0 atom stereocenters. The van der Waals surface area contributed by atoms with Gasteiger partial charge in [-0.15, -0.1) is 0 Å². The highest BCUT2D eigenvalue weighted by Crippen LogP contribution is 2.21. The number of piperidine rings is 1. The first-order chi connectivity index (χ1) is 9.72. The van der Waals surface area contributed by atoms with E-state index in [1.54, 1.807) is 12.1 Å². The minimum atomic E-state index is -0.291. The van der Waals surface area contributed by atoms with Crippen molar-refractivity contribution < 1.29 is 13.9 Å². The Morgan fingerprint density at radius 2 is 2.10 bits per heavy atom. The zero-order valence-corrected chi connectivity index (χ0v) is 13.4. The summed E-state index contributed by atoms with van der Waals surface area (Å²) >= 11 is 3.37. The molecule has 1 aromatic rings. The SMILES string of the molecule is COc1ccc(CN2CCC(OCCBr)CC2)cc1F. The number of halogens is 2. The Morgan fingerprint density at radius 3 is 2.70 bits per heavy atom. The largest absolute Gasteiger partial charge is 0.494 e. The molecule has 0 radical (unpaired) electrons. The maximum atomic E-state index is 13.6. The number of hydrogen-bond donors (Lipinski definition) is 0. The number of ether oxygens (including phenoxy) is 2. The van der Waals surface area contributed by atoms with Crippen LogP contribution in [-0.2, 0) is 11.3 Å². The highest BCUT2D eigenvalue weighted by atomic mass is 79.9. The lowest BCUT2D eigenvalue weighted by Gasteiger charge is -2.31. The Hall–Kier alpha value is -0.650. The topological polar surface area (TPSA) is 21.7 Å². The van der Waals surface area contributed by atoms with Gasteiger partial charge in [-0.3, -0.25) is 4.90 Å².